The number of benzene rings is 1. The highest BCUT2D eigenvalue weighted by Crippen LogP contribution is 2.26. The number of tetrazole rings is 1. The number of hydrogen-bond donors (Lipinski definition) is 0. The van der Waals surface area contributed by atoms with E-state index in [0.29, 0.717) is 29.6 Å². The lowest BCUT2D eigenvalue weighted by atomic mass is 10.1. The first-order chi connectivity index (χ1) is 13.8. The maximum Gasteiger partial charge on any atom is 0.233 e. The van der Waals surface area contributed by atoms with Crippen LogP contribution in [-0.4, -0.2) is 76.4 Å². The van der Waals surface area contributed by atoms with Crippen molar-refractivity contribution in [3.63, 3.8) is 0 Å². The van der Waals surface area contributed by atoms with E-state index in [0.717, 1.165) is 0 Å². The lowest BCUT2D eigenvalue weighted by Gasteiger charge is -2.29. The monoisotopic (exact) mass is 439 g/mol. The van der Waals surface area contributed by atoms with E-state index in [1.807, 2.05) is 38.1 Å². The molecule has 1 aromatic heterocycles. The minimum Gasteiger partial charge on any atom is -0.494 e. The summed E-state index contributed by atoms with van der Waals surface area (Å²) >= 11 is 1.22. The summed E-state index contributed by atoms with van der Waals surface area (Å²) < 4.78 is 30.6. The summed E-state index contributed by atoms with van der Waals surface area (Å²) in [5, 5.41) is 12.2. The number of carbonyl (C=O) groups is 1. The van der Waals surface area contributed by atoms with Crippen molar-refractivity contribution in [3.05, 3.63) is 24.3 Å². The van der Waals surface area contributed by atoms with Crippen LogP contribution in [0.1, 0.15) is 20.3 Å². The Morgan fingerprint density at radius 3 is 2.79 bits per heavy atom. The quantitative estimate of drug-likeness (QED) is 0.569. The van der Waals surface area contributed by atoms with E-state index in [1.165, 1.54) is 16.4 Å². The maximum atomic E-state index is 13.0. The number of nitrogens with zero attached hydrogens (tertiary/aromatic N) is 5. The summed E-state index contributed by atoms with van der Waals surface area (Å²) in [5.74, 6) is 1.05. The lowest BCUT2D eigenvalue weighted by Crippen LogP contribution is -2.44. The highest BCUT2D eigenvalue weighted by Gasteiger charge is 2.35. The Hall–Kier alpha value is -2.14. The van der Waals surface area contributed by atoms with Gasteiger partial charge in [0, 0.05) is 12.6 Å². The first kappa shape index (κ1) is 21.6. The molecule has 158 valence electrons. The maximum absolute atomic E-state index is 13.0. The van der Waals surface area contributed by atoms with Crippen molar-refractivity contribution < 1.29 is 17.9 Å². The van der Waals surface area contributed by atoms with Crippen molar-refractivity contribution in [2.75, 3.05) is 30.9 Å². The van der Waals surface area contributed by atoms with Crippen molar-refractivity contribution in [2.24, 2.45) is 5.92 Å². The number of carbonyl (C=O) groups excluding carboxylic acids is 1. The van der Waals surface area contributed by atoms with Gasteiger partial charge in [0.15, 0.2) is 9.84 Å². The fraction of sp³-hybridized carbons (Fsp3) is 0.556. The van der Waals surface area contributed by atoms with Crippen LogP contribution in [-0.2, 0) is 14.6 Å². The molecule has 1 fully saturated rings. The van der Waals surface area contributed by atoms with Crippen molar-refractivity contribution >= 4 is 27.5 Å². The molecule has 1 saturated heterocycles. The molecule has 0 radical (unpaired) electrons. The Morgan fingerprint density at radius 2 is 2.14 bits per heavy atom. The van der Waals surface area contributed by atoms with E-state index >= 15 is 0 Å². The second kappa shape index (κ2) is 9.12. The smallest absolute Gasteiger partial charge is 0.233 e. The molecule has 1 atom stereocenters. The third-order valence-corrected chi connectivity index (χ3v) is 7.26. The molecule has 0 spiro atoms. The van der Waals surface area contributed by atoms with E-state index in [4.69, 9.17) is 4.74 Å². The van der Waals surface area contributed by atoms with Gasteiger partial charge in [-0.15, -0.1) is 5.10 Å². The van der Waals surface area contributed by atoms with E-state index in [-0.39, 0.29) is 35.1 Å². The number of amides is 1. The SMILES string of the molecule is COc1ccccc1-n1nnnc1SCC(=O)N(CC(C)C)[C@@H]1CCS(=O)(=O)C1. The Balaban J connectivity index is 1.73. The summed E-state index contributed by atoms with van der Waals surface area (Å²) in [7, 11) is -1.50. The molecule has 0 aliphatic carbocycles. The van der Waals surface area contributed by atoms with Crippen molar-refractivity contribution in [1.82, 2.24) is 25.1 Å². The third-order valence-electron chi connectivity index (χ3n) is 4.61. The molecule has 0 saturated carbocycles. The third kappa shape index (κ3) is 5.27. The van der Waals surface area contributed by atoms with Gasteiger partial charge >= 0.3 is 0 Å². The number of ether oxygens (including phenoxy) is 1. The zero-order valence-corrected chi connectivity index (χ0v) is 18.3. The Labute approximate surface area is 174 Å². The van der Waals surface area contributed by atoms with Crippen LogP contribution in [0, 0.1) is 5.92 Å². The van der Waals surface area contributed by atoms with Gasteiger partial charge in [0.2, 0.25) is 11.1 Å². The molecule has 0 N–H and O–H groups in total. The average molecular weight is 440 g/mol. The first-order valence-electron chi connectivity index (χ1n) is 9.35. The van der Waals surface area contributed by atoms with Crippen LogP contribution in [0.25, 0.3) is 5.69 Å². The van der Waals surface area contributed by atoms with Crippen LogP contribution in [0.15, 0.2) is 29.4 Å². The number of hydrogen-bond acceptors (Lipinski definition) is 8. The van der Waals surface area contributed by atoms with Crippen LogP contribution in [0.4, 0.5) is 0 Å². The van der Waals surface area contributed by atoms with Crippen molar-refractivity contribution in [2.45, 2.75) is 31.5 Å². The molecule has 1 aliphatic rings. The standard InChI is InChI=1S/C18H25N5O4S2/c1-13(2)10-22(14-8-9-29(25,26)12-14)17(24)11-28-18-19-20-21-23(18)15-6-4-5-7-16(15)27-3/h4-7,13-14H,8-12H2,1-3H3/t14-/m1/s1. The second-order valence-electron chi connectivity index (χ2n) is 7.33. The van der Waals surface area contributed by atoms with Crippen LogP contribution >= 0.6 is 11.8 Å². The van der Waals surface area contributed by atoms with E-state index < -0.39 is 9.84 Å². The summed E-state index contributed by atoms with van der Waals surface area (Å²) in [5.41, 5.74) is 0.677. The fourth-order valence-corrected chi connectivity index (χ4v) is 5.80. The Bertz CT molecular complexity index is 961. The number of methoxy groups -OCH3 is 1. The van der Waals surface area contributed by atoms with Crippen LogP contribution in [0.5, 0.6) is 5.75 Å². The van der Waals surface area contributed by atoms with Gasteiger partial charge in [-0.2, -0.15) is 4.68 Å². The largest absolute Gasteiger partial charge is 0.494 e. The topological polar surface area (TPSA) is 107 Å². The van der Waals surface area contributed by atoms with Crippen molar-refractivity contribution in [3.8, 4) is 11.4 Å². The number of sulfone groups is 1. The summed E-state index contributed by atoms with van der Waals surface area (Å²) in [6.07, 6.45) is 0.490. The molecule has 1 aromatic carbocycles. The molecule has 0 unspecified atom stereocenters. The molecule has 9 nitrogen and oxygen atoms in total. The van der Waals surface area contributed by atoms with Gasteiger partial charge in [-0.3, -0.25) is 4.79 Å². The zero-order chi connectivity index (χ0) is 21.0. The number of aromatic nitrogens is 4. The van der Waals surface area contributed by atoms with Gasteiger partial charge in [-0.1, -0.05) is 37.7 Å². The predicted molar refractivity (Wildman–Crippen MR) is 110 cm³/mol. The number of rotatable bonds is 8. The summed E-state index contributed by atoms with van der Waals surface area (Å²) in [6.45, 7) is 4.55. The second-order valence-corrected chi connectivity index (χ2v) is 10.5. The fourth-order valence-electron chi connectivity index (χ4n) is 3.30. The molecule has 1 amide bonds. The first-order valence-corrected chi connectivity index (χ1v) is 12.2. The molecule has 0 bridgehead atoms. The van der Waals surface area contributed by atoms with Crippen molar-refractivity contribution in [1.29, 1.82) is 0 Å². The summed E-state index contributed by atoms with van der Waals surface area (Å²) in [4.78, 5) is 14.7. The molecule has 2 heterocycles. The normalized spacial score (nSPS) is 18.1. The molecule has 2 aromatic rings. The molecular weight excluding hydrogens is 414 g/mol. The van der Waals surface area contributed by atoms with Gasteiger partial charge in [0.25, 0.3) is 0 Å². The molecular formula is C18H25N5O4S2. The minimum atomic E-state index is -3.07. The minimum absolute atomic E-state index is 0.0368. The van der Waals surface area contributed by atoms with Crippen LogP contribution in [0.3, 0.4) is 0 Å². The lowest BCUT2D eigenvalue weighted by molar-refractivity contribution is -0.130. The number of para-hydroxylation sites is 2. The highest BCUT2D eigenvalue weighted by molar-refractivity contribution is 7.99. The molecule has 29 heavy (non-hydrogen) atoms. The van der Waals surface area contributed by atoms with Gasteiger partial charge < -0.3 is 9.64 Å². The summed E-state index contributed by atoms with van der Waals surface area (Å²) in [6, 6.07) is 7.07. The van der Waals surface area contributed by atoms with Gasteiger partial charge in [-0.05, 0) is 34.9 Å². The highest BCUT2D eigenvalue weighted by atomic mass is 32.2. The molecule has 1 aliphatic heterocycles. The van der Waals surface area contributed by atoms with Gasteiger partial charge in [0.1, 0.15) is 11.4 Å². The van der Waals surface area contributed by atoms with E-state index in [2.05, 4.69) is 15.5 Å². The van der Waals surface area contributed by atoms with Gasteiger partial charge in [0.05, 0.1) is 24.4 Å². The van der Waals surface area contributed by atoms with Crippen LogP contribution < -0.4 is 4.74 Å². The zero-order valence-electron chi connectivity index (χ0n) is 16.7. The Kier molecular flexibility index (Phi) is 6.78. The Morgan fingerprint density at radius 1 is 1.38 bits per heavy atom. The molecule has 3 rings (SSSR count). The van der Waals surface area contributed by atoms with E-state index in [1.54, 1.807) is 12.0 Å². The van der Waals surface area contributed by atoms with Crippen LogP contribution in [0.2, 0.25) is 0 Å². The predicted octanol–water partition coefficient (Wildman–Crippen LogP) is 1.43. The molecule has 11 heteroatoms. The van der Waals surface area contributed by atoms with E-state index in [9.17, 15) is 13.2 Å². The average Bonchev–Trinajstić information content (AvgIpc) is 3.29. The number of thioether (sulfide) groups is 1. The van der Waals surface area contributed by atoms with Gasteiger partial charge in [-0.25, -0.2) is 8.42 Å².